The van der Waals surface area contributed by atoms with E-state index >= 15 is 0 Å². The molecule has 1 heterocycles. The lowest BCUT2D eigenvalue weighted by molar-refractivity contribution is -0.113. The van der Waals surface area contributed by atoms with Crippen molar-refractivity contribution >= 4 is 12.1 Å². The van der Waals surface area contributed by atoms with Crippen LogP contribution in [-0.2, 0) is 4.79 Å². The van der Waals surface area contributed by atoms with E-state index in [1.165, 1.54) is 0 Å². The molecule has 1 rings (SSSR count). The molecule has 3 nitrogen and oxygen atoms in total. The number of aliphatic hydroxyl groups is 1. The summed E-state index contributed by atoms with van der Waals surface area (Å²) < 4.78 is 0. The van der Waals surface area contributed by atoms with E-state index in [9.17, 15) is 4.79 Å². The Morgan fingerprint density at radius 1 is 1.86 bits per heavy atom. The lowest BCUT2D eigenvalue weighted by Crippen LogP contribution is -1.78. The molecule has 0 aromatic heterocycles. The van der Waals surface area contributed by atoms with Crippen molar-refractivity contribution in [2.24, 2.45) is 4.99 Å². The summed E-state index contributed by atoms with van der Waals surface area (Å²) in [6, 6.07) is 0. The molecule has 0 fully saturated rings. The number of hydrogen-bond acceptors (Lipinski definition) is 2. The zero-order chi connectivity index (χ0) is 5.28. The van der Waals surface area contributed by atoms with Crippen LogP contribution in [0.5, 0.6) is 0 Å². The van der Waals surface area contributed by atoms with Gasteiger partial charge in [0.2, 0.25) is 0 Å². The quantitative estimate of drug-likeness (QED) is 0.455. The molecule has 3 heteroatoms. The van der Waals surface area contributed by atoms with E-state index in [2.05, 4.69) is 4.99 Å². The van der Waals surface area contributed by atoms with Crippen molar-refractivity contribution in [1.82, 2.24) is 0 Å². The zero-order valence-corrected chi connectivity index (χ0v) is 3.38. The number of carbonyl (C=O) groups is 1. The Labute approximate surface area is 40.0 Å². The normalized spacial score (nSPS) is 17.7. The second kappa shape index (κ2) is 1.18. The fraction of sp³-hybridized carbons (Fsp3) is 0. The SMILES string of the molecule is O=C1[C]=C(O)C=N1. The third kappa shape index (κ3) is 0.652. The minimum atomic E-state index is -0.516. The van der Waals surface area contributed by atoms with Crippen LogP contribution in [-0.4, -0.2) is 17.2 Å². The third-order valence-electron chi connectivity index (χ3n) is 0.539. The molecule has 0 atom stereocenters. The van der Waals surface area contributed by atoms with Crippen molar-refractivity contribution in [2.75, 3.05) is 0 Å². The molecular formula is C4H2NO2. The predicted octanol–water partition coefficient (Wildman–Crippen LogP) is -0.158. The van der Waals surface area contributed by atoms with Crippen molar-refractivity contribution in [3.05, 3.63) is 11.8 Å². The molecule has 1 amide bonds. The molecule has 0 saturated carbocycles. The average Bonchev–Trinajstić information content (AvgIpc) is 1.87. The molecule has 0 aromatic rings. The second-order valence-corrected chi connectivity index (χ2v) is 1.07. The molecule has 1 aliphatic rings. The van der Waals surface area contributed by atoms with E-state index in [4.69, 9.17) is 5.11 Å². The van der Waals surface area contributed by atoms with Gasteiger partial charge in [-0.05, 0) is 0 Å². The van der Waals surface area contributed by atoms with Gasteiger partial charge in [-0.2, -0.15) is 0 Å². The lowest BCUT2D eigenvalue weighted by Gasteiger charge is -1.69. The summed E-state index contributed by atoms with van der Waals surface area (Å²) in [6.45, 7) is 0. The molecule has 0 bridgehead atoms. The summed E-state index contributed by atoms with van der Waals surface area (Å²) in [5.41, 5.74) is 0. The summed E-state index contributed by atoms with van der Waals surface area (Å²) in [5.74, 6) is -0.706. The van der Waals surface area contributed by atoms with E-state index in [-0.39, 0.29) is 5.76 Å². The number of allylic oxidation sites excluding steroid dienone is 1. The Hall–Kier alpha value is -1.12. The first kappa shape index (κ1) is 4.05. The van der Waals surface area contributed by atoms with E-state index in [1.807, 2.05) is 6.08 Å². The monoisotopic (exact) mass is 96.0 g/mol. The molecule has 0 aliphatic carbocycles. The van der Waals surface area contributed by atoms with Crippen molar-refractivity contribution in [3.8, 4) is 0 Å². The molecule has 0 spiro atoms. The summed E-state index contributed by atoms with van der Waals surface area (Å²) in [6.07, 6.45) is 3.09. The summed E-state index contributed by atoms with van der Waals surface area (Å²) in [5, 5.41) is 8.34. The van der Waals surface area contributed by atoms with Gasteiger partial charge in [0.15, 0.2) is 0 Å². The Bertz CT molecular complexity index is 157. The van der Waals surface area contributed by atoms with Gasteiger partial charge in [0.1, 0.15) is 11.8 Å². The molecule has 1 aliphatic heterocycles. The third-order valence-corrected chi connectivity index (χ3v) is 0.539. The highest BCUT2D eigenvalue weighted by molar-refractivity contribution is 6.02. The topological polar surface area (TPSA) is 49.7 Å². The van der Waals surface area contributed by atoms with Gasteiger partial charge in [-0.3, -0.25) is 4.79 Å². The molecular weight excluding hydrogens is 94.0 g/mol. The Morgan fingerprint density at radius 2 is 2.57 bits per heavy atom. The highest BCUT2D eigenvalue weighted by Gasteiger charge is 2.02. The summed E-state index contributed by atoms with van der Waals surface area (Å²) in [4.78, 5) is 13.1. The first-order chi connectivity index (χ1) is 3.29. The smallest absolute Gasteiger partial charge is 0.281 e. The van der Waals surface area contributed by atoms with E-state index in [1.54, 1.807) is 0 Å². The number of aliphatic hydroxyl groups excluding tert-OH is 1. The van der Waals surface area contributed by atoms with Crippen molar-refractivity contribution in [1.29, 1.82) is 0 Å². The largest absolute Gasteiger partial charge is 0.505 e. The molecule has 0 unspecified atom stereocenters. The maximum absolute atomic E-state index is 9.96. The van der Waals surface area contributed by atoms with Gasteiger partial charge in [-0.15, -0.1) is 0 Å². The first-order valence-electron chi connectivity index (χ1n) is 1.70. The van der Waals surface area contributed by atoms with Gasteiger partial charge in [0.05, 0.1) is 6.21 Å². The lowest BCUT2D eigenvalue weighted by atomic mass is 10.5. The van der Waals surface area contributed by atoms with E-state index in [0.29, 0.717) is 0 Å². The van der Waals surface area contributed by atoms with E-state index < -0.39 is 5.91 Å². The van der Waals surface area contributed by atoms with Crippen LogP contribution in [0.2, 0.25) is 0 Å². The predicted molar refractivity (Wildman–Crippen MR) is 22.9 cm³/mol. The van der Waals surface area contributed by atoms with Crippen LogP contribution in [0.15, 0.2) is 10.8 Å². The van der Waals surface area contributed by atoms with Crippen LogP contribution in [0.25, 0.3) is 0 Å². The maximum Gasteiger partial charge on any atom is 0.281 e. The Kier molecular flexibility index (Phi) is 0.685. The average molecular weight is 96.1 g/mol. The highest BCUT2D eigenvalue weighted by Crippen LogP contribution is 1.91. The molecule has 35 valence electrons. The van der Waals surface area contributed by atoms with Crippen molar-refractivity contribution < 1.29 is 9.90 Å². The molecule has 1 N–H and O–H groups in total. The van der Waals surface area contributed by atoms with Crippen LogP contribution >= 0.6 is 0 Å². The second-order valence-electron chi connectivity index (χ2n) is 1.07. The van der Waals surface area contributed by atoms with Crippen LogP contribution in [0.3, 0.4) is 0 Å². The first-order valence-corrected chi connectivity index (χ1v) is 1.70. The standard InChI is InChI=1S/C4H2NO2/c6-3-1-4(7)5-2-3/h2,6H. The number of nitrogens with zero attached hydrogens (tertiary/aromatic N) is 1. The van der Waals surface area contributed by atoms with Gasteiger partial charge >= 0.3 is 0 Å². The number of carbonyl (C=O) groups excluding carboxylic acids is 1. The van der Waals surface area contributed by atoms with Gasteiger partial charge in [-0.25, -0.2) is 4.99 Å². The fourth-order valence-corrected chi connectivity index (χ4v) is 0.294. The molecule has 1 radical (unpaired) electrons. The van der Waals surface area contributed by atoms with Crippen molar-refractivity contribution in [3.63, 3.8) is 0 Å². The van der Waals surface area contributed by atoms with Crippen LogP contribution in [0.1, 0.15) is 0 Å². The van der Waals surface area contributed by atoms with Crippen molar-refractivity contribution in [2.45, 2.75) is 0 Å². The van der Waals surface area contributed by atoms with Gasteiger partial charge in [-0.1, -0.05) is 0 Å². The molecule has 0 saturated heterocycles. The van der Waals surface area contributed by atoms with Gasteiger partial charge in [0, 0.05) is 0 Å². The van der Waals surface area contributed by atoms with Crippen LogP contribution in [0.4, 0.5) is 0 Å². The summed E-state index contributed by atoms with van der Waals surface area (Å²) in [7, 11) is 0. The maximum atomic E-state index is 9.96. The number of rotatable bonds is 0. The van der Waals surface area contributed by atoms with Gasteiger partial charge < -0.3 is 5.11 Å². The Balaban J connectivity index is 2.88. The summed E-state index contributed by atoms with van der Waals surface area (Å²) >= 11 is 0. The number of amides is 1. The fourth-order valence-electron chi connectivity index (χ4n) is 0.294. The molecule has 0 aromatic carbocycles. The molecule has 7 heavy (non-hydrogen) atoms. The number of hydrogen-bond donors (Lipinski definition) is 1. The minimum Gasteiger partial charge on any atom is -0.505 e. The minimum absolute atomic E-state index is 0.190. The van der Waals surface area contributed by atoms with Gasteiger partial charge in [0.25, 0.3) is 5.91 Å². The number of aliphatic imine (C=N–C) groups is 1. The van der Waals surface area contributed by atoms with E-state index in [0.717, 1.165) is 6.21 Å². The van der Waals surface area contributed by atoms with Crippen LogP contribution < -0.4 is 0 Å². The zero-order valence-electron chi connectivity index (χ0n) is 3.38. The highest BCUT2D eigenvalue weighted by atomic mass is 16.3. The van der Waals surface area contributed by atoms with Crippen LogP contribution in [0, 0.1) is 6.08 Å². The Morgan fingerprint density at radius 3 is 2.71 bits per heavy atom.